The third-order valence-electron chi connectivity index (χ3n) is 1.43. The Balaban J connectivity index is 2.80. The number of anilines is 2. The largest absolute Gasteiger partial charge is 0.394 e. The van der Waals surface area contributed by atoms with E-state index in [-0.39, 0.29) is 6.03 Å². The summed E-state index contributed by atoms with van der Waals surface area (Å²) in [6, 6.07) is -0.315. The van der Waals surface area contributed by atoms with Gasteiger partial charge in [-0.3, -0.25) is 10.00 Å². The van der Waals surface area contributed by atoms with Gasteiger partial charge in [0, 0.05) is 14.1 Å². The maximum Gasteiger partial charge on any atom is 0.320 e. The van der Waals surface area contributed by atoms with E-state index in [0.29, 0.717) is 11.5 Å². The summed E-state index contributed by atoms with van der Waals surface area (Å²) in [7, 11) is 3.23. The SMILES string of the molecule is CNC(=O)Nc1c(N)cnn1C. The van der Waals surface area contributed by atoms with Crippen LogP contribution in [0.5, 0.6) is 0 Å². The van der Waals surface area contributed by atoms with Crippen LogP contribution in [0.3, 0.4) is 0 Å². The van der Waals surface area contributed by atoms with Crippen molar-refractivity contribution < 1.29 is 4.79 Å². The maximum absolute atomic E-state index is 10.9. The van der Waals surface area contributed by atoms with Crippen LogP contribution in [0.2, 0.25) is 0 Å². The first kappa shape index (κ1) is 8.38. The second kappa shape index (κ2) is 3.12. The molecule has 0 aliphatic rings. The molecule has 1 aromatic rings. The minimum Gasteiger partial charge on any atom is -0.394 e. The van der Waals surface area contributed by atoms with Gasteiger partial charge in [0.15, 0.2) is 5.82 Å². The van der Waals surface area contributed by atoms with Crippen molar-refractivity contribution in [2.24, 2.45) is 7.05 Å². The Labute approximate surface area is 69.7 Å². The van der Waals surface area contributed by atoms with Gasteiger partial charge in [-0.15, -0.1) is 0 Å². The molecular formula is C6H11N5O. The predicted molar refractivity (Wildman–Crippen MR) is 45.7 cm³/mol. The van der Waals surface area contributed by atoms with Crippen molar-refractivity contribution in [1.29, 1.82) is 0 Å². The number of hydrogen-bond donors (Lipinski definition) is 3. The van der Waals surface area contributed by atoms with Gasteiger partial charge in [-0.25, -0.2) is 4.79 Å². The highest BCUT2D eigenvalue weighted by molar-refractivity contribution is 5.90. The molecule has 1 heterocycles. The summed E-state index contributed by atoms with van der Waals surface area (Å²) < 4.78 is 1.49. The smallest absolute Gasteiger partial charge is 0.320 e. The summed E-state index contributed by atoms with van der Waals surface area (Å²) in [5, 5.41) is 8.80. The molecule has 0 radical (unpaired) electrons. The Bertz CT molecular complexity index is 273. The molecule has 1 aromatic heterocycles. The maximum atomic E-state index is 10.9. The number of aryl methyl sites for hydroxylation is 1. The lowest BCUT2D eigenvalue weighted by Crippen LogP contribution is -2.26. The first-order valence-corrected chi connectivity index (χ1v) is 3.41. The van der Waals surface area contributed by atoms with Crippen molar-refractivity contribution in [3.8, 4) is 0 Å². The van der Waals surface area contributed by atoms with Crippen molar-refractivity contribution in [3.05, 3.63) is 6.20 Å². The zero-order valence-electron chi connectivity index (χ0n) is 6.96. The van der Waals surface area contributed by atoms with Crippen molar-refractivity contribution in [3.63, 3.8) is 0 Å². The van der Waals surface area contributed by atoms with Crippen LogP contribution in [0.1, 0.15) is 0 Å². The quantitative estimate of drug-likeness (QED) is 0.542. The molecular weight excluding hydrogens is 158 g/mol. The fraction of sp³-hybridized carbons (Fsp3) is 0.333. The molecule has 0 aliphatic carbocycles. The van der Waals surface area contributed by atoms with E-state index in [4.69, 9.17) is 5.73 Å². The van der Waals surface area contributed by atoms with Gasteiger partial charge in [-0.1, -0.05) is 0 Å². The van der Waals surface area contributed by atoms with E-state index in [2.05, 4.69) is 15.7 Å². The standard InChI is InChI=1S/C6H11N5O/c1-8-6(12)10-5-4(7)3-9-11(5)2/h3H,7H2,1-2H3,(H2,8,10,12). The molecule has 0 saturated heterocycles. The number of urea groups is 1. The number of carbonyl (C=O) groups excluding carboxylic acids is 1. The Morgan fingerprint density at radius 3 is 2.83 bits per heavy atom. The summed E-state index contributed by atoms with van der Waals surface area (Å²) in [6.45, 7) is 0. The predicted octanol–water partition coefficient (Wildman–Crippen LogP) is -0.246. The number of nitrogens with zero attached hydrogens (tertiary/aromatic N) is 2. The molecule has 0 unspecified atom stereocenters. The minimum absolute atomic E-state index is 0.315. The van der Waals surface area contributed by atoms with Gasteiger partial charge >= 0.3 is 6.03 Å². The molecule has 0 saturated carbocycles. The van der Waals surface area contributed by atoms with Gasteiger partial charge in [-0.05, 0) is 0 Å². The lowest BCUT2D eigenvalue weighted by molar-refractivity contribution is 0.253. The monoisotopic (exact) mass is 169 g/mol. The van der Waals surface area contributed by atoms with Gasteiger partial charge in [0.05, 0.1) is 11.9 Å². The van der Waals surface area contributed by atoms with Gasteiger partial charge in [0.2, 0.25) is 0 Å². The fourth-order valence-corrected chi connectivity index (χ4v) is 0.778. The highest BCUT2D eigenvalue weighted by Gasteiger charge is 2.06. The van der Waals surface area contributed by atoms with E-state index >= 15 is 0 Å². The van der Waals surface area contributed by atoms with Crippen LogP contribution in [-0.4, -0.2) is 22.9 Å². The summed E-state index contributed by atoms with van der Waals surface area (Å²) >= 11 is 0. The Morgan fingerprint density at radius 2 is 2.42 bits per heavy atom. The molecule has 6 nitrogen and oxygen atoms in total. The zero-order chi connectivity index (χ0) is 9.14. The summed E-state index contributed by atoms with van der Waals surface area (Å²) in [5.41, 5.74) is 5.96. The number of carbonyl (C=O) groups is 1. The second-order valence-electron chi connectivity index (χ2n) is 2.28. The van der Waals surface area contributed by atoms with Gasteiger partial charge in [0.1, 0.15) is 0 Å². The van der Waals surface area contributed by atoms with Crippen molar-refractivity contribution in [2.45, 2.75) is 0 Å². The molecule has 66 valence electrons. The van der Waals surface area contributed by atoms with Crippen LogP contribution < -0.4 is 16.4 Å². The normalized spacial score (nSPS) is 9.50. The van der Waals surface area contributed by atoms with Crippen LogP contribution in [0.25, 0.3) is 0 Å². The van der Waals surface area contributed by atoms with Crippen molar-refractivity contribution in [2.75, 3.05) is 18.1 Å². The van der Waals surface area contributed by atoms with E-state index in [9.17, 15) is 4.79 Å². The van der Waals surface area contributed by atoms with Crippen LogP contribution in [0.15, 0.2) is 6.20 Å². The number of amides is 2. The fourth-order valence-electron chi connectivity index (χ4n) is 0.778. The Hall–Kier alpha value is -1.72. The Kier molecular flexibility index (Phi) is 2.18. The molecule has 6 heteroatoms. The highest BCUT2D eigenvalue weighted by atomic mass is 16.2. The van der Waals surface area contributed by atoms with E-state index in [0.717, 1.165) is 0 Å². The van der Waals surface area contributed by atoms with E-state index in [1.807, 2.05) is 0 Å². The second-order valence-corrected chi connectivity index (χ2v) is 2.28. The zero-order valence-corrected chi connectivity index (χ0v) is 6.96. The first-order chi connectivity index (χ1) is 5.65. The average Bonchev–Trinajstić information content (AvgIpc) is 2.35. The molecule has 1 rings (SSSR count). The topological polar surface area (TPSA) is 85.0 Å². The molecule has 4 N–H and O–H groups in total. The number of hydrogen-bond acceptors (Lipinski definition) is 3. The first-order valence-electron chi connectivity index (χ1n) is 3.41. The number of nitrogens with one attached hydrogen (secondary N) is 2. The Morgan fingerprint density at radius 1 is 1.75 bits per heavy atom. The number of nitrogen functional groups attached to an aromatic ring is 1. The molecule has 0 aromatic carbocycles. The van der Waals surface area contributed by atoms with Crippen LogP contribution >= 0.6 is 0 Å². The lowest BCUT2D eigenvalue weighted by Gasteiger charge is -2.04. The third kappa shape index (κ3) is 1.47. The highest BCUT2D eigenvalue weighted by Crippen LogP contribution is 2.14. The van der Waals surface area contributed by atoms with E-state index < -0.39 is 0 Å². The number of rotatable bonds is 1. The molecule has 0 aliphatic heterocycles. The van der Waals surface area contributed by atoms with Crippen molar-refractivity contribution >= 4 is 17.5 Å². The minimum atomic E-state index is -0.315. The lowest BCUT2D eigenvalue weighted by atomic mass is 10.5. The van der Waals surface area contributed by atoms with Crippen LogP contribution in [0, 0.1) is 0 Å². The average molecular weight is 169 g/mol. The van der Waals surface area contributed by atoms with Gasteiger partial charge < -0.3 is 11.1 Å². The molecule has 12 heavy (non-hydrogen) atoms. The van der Waals surface area contributed by atoms with Crippen LogP contribution in [0.4, 0.5) is 16.3 Å². The molecule has 0 fully saturated rings. The summed E-state index contributed by atoms with van der Waals surface area (Å²) in [5.74, 6) is 0.495. The molecule has 0 spiro atoms. The molecule has 2 amide bonds. The van der Waals surface area contributed by atoms with Gasteiger partial charge in [0.25, 0.3) is 0 Å². The van der Waals surface area contributed by atoms with Crippen molar-refractivity contribution in [1.82, 2.24) is 15.1 Å². The molecule has 0 bridgehead atoms. The number of aromatic nitrogens is 2. The third-order valence-corrected chi connectivity index (χ3v) is 1.43. The van der Waals surface area contributed by atoms with E-state index in [1.54, 1.807) is 7.05 Å². The van der Waals surface area contributed by atoms with Crippen LogP contribution in [-0.2, 0) is 7.05 Å². The summed E-state index contributed by atoms with van der Waals surface area (Å²) in [4.78, 5) is 10.9. The van der Waals surface area contributed by atoms with E-state index in [1.165, 1.54) is 17.9 Å². The van der Waals surface area contributed by atoms with Gasteiger partial charge in [-0.2, -0.15) is 5.10 Å². The molecule has 0 atom stereocenters. The summed E-state index contributed by atoms with van der Waals surface area (Å²) in [6.07, 6.45) is 1.48. The number of nitrogens with two attached hydrogens (primary N) is 1.